The fraction of sp³-hybridized carbons (Fsp3) is 0.500. The fourth-order valence-corrected chi connectivity index (χ4v) is 1.82. The van der Waals surface area contributed by atoms with Gasteiger partial charge in [-0.05, 0) is 6.42 Å². The van der Waals surface area contributed by atoms with Crippen LogP contribution in [0.3, 0.4) is 0 Å². The first-order chi connectivity index (χ1) is 8.77. The van der Waals surface area contributed by atoms with Gasteiger partial charge in [-0.25, -0.2) is 4.98 Å². The monoisotopic (exact) mass is 275 g/mol. The maximum Gasteiger partial charge on any atom is 0.433 e. The number of nitrogen functional groups attached to an aromatic ring is 1. The Kier molecular flexibility index (Phi) is 3.21. The van der Waals surface area contributed by atoms with Gasteiger partial charge in [-0.15, -0.1) is 0 Å². The molecule has 1 aliphatic rings. The second kappa shape index (κ2) is 4.56. The quantitative estimate of drug-likeness (QED) is 0.831. The lowest BCUT2D eigenvalue weighted by molar-refractivity contribution is -0.141. The van der Waals surface area contributed by atoms with E-state index < -0.39 is 23.9 Å². The molecule has 0 radical (unpaired) electrons. The number of anilines is 2. The number of likely N-dealkylation sites (tertiary alicyclic amines) is 1. The lowest BCUT2D eigenvalue weighted by Gasteiger charge is -2.14. The number of hydrogen-bond donors (Lipinski definition) is 2. The highest BCUT2D eigenvalue weighted by Gasteiger charge is 2.34. The van der Waals surface area contributed by atoms with Crippen molar-refractivity contribution in [2.75, 3.05) is 24.6 Å². The van der Waals surface area contributed by atoms with Crippen molar-refractivity contribution >= 4 is 17.7 Å². The summed E-state index contributed by atoms with van der Waals surface area (Å²) in [6.07, 6.45) is -4.11. The van der Waals surface area contributed by atoms with Crippen molar-refractivity contribution in [2.24, 2.45) is 0 Å². The number of nitrogens with one attached hydrogen (secondary N) is 1. The predicted octanol–water partition coefficient (Wildman–Crippen LogP) is 0.720. The maximum atomic E-state index is 12.6. The molecule has 0 aromatic carbocycles. The number of aromatic nitrogens is 2. The van der Waals surface area contributed by atoms with E-state index in [1.807, 2.05) is 0 Å². The van der Waals surface area contributed by atoms with Gasteiger partial charge in [0.2, 0.25) is 11.9 Å². The number of alkyl halides is 3. The summed E-state index contributed by atoms with van der Waals surface area (Å²) in [5.74, 6) is -0.782. The van der Waals surface area contributed by atoms with Crippen LogP contribution >= 0.6 is 0 Å². The smallest absolute Gasteiger partial charge is 0.368 e. The highest BCUT2D eigenvalue weighted by atomic mass is 19.4. The lowest BCUT2D eigenvalue weighted by atomic mass is 10.2. The van der Waals surface area contributed by atoms with E-state index in [0.29, 0.717) is 13.0 Å². The third kappa shape index (κ3) is 2.85. The van der Waals surface area contributed by atoms with Gasteiger partial charge in [-0.2, -0.15) is 18.2 Å². The van der Waals surface area contributed by atoms with Gasteiger partial charge < -0.3 is 16.0 Å². The Morgan fingerprint density at radius 3 is 2.68 bits per heavy atom. The largest absolute Gasteiger partial charge is 0.433 e. The number of nitrogens with zero attached hydrogens (tertiary/aromatic N) is 3. The zero-order valence-electron chi connectivity index (χ0n) is 10.0. The van der Waals surface area contributed by atoms with E-state index in [1.165, 1.54) is 4.90 Å². The van der Waals surface area contributed by atoms with Crippen molar-refractivity contribution < 1.29 is 18.0 Å². The van der Waals surface area contributed by atoms with Gasteiger partial charge in [-0.1, -0.05) is 0 Å². The Hall–Kier alpha value is -2.06. The van der Waals surface area contributed by atoms with Gasteiger partial charge >= 0.3 is 6.18 Å². The van der Waals surface area contributed by atoms with Crippen LogP contribution in [0.15, 0.2) is 6.07 Å². The number of nitrogens with two attached hydrogens (primary N) is 1. The summed E-state index contributed by atoms with van der Waals surface area (Å²) in [7, 11) is 1.62. The molecule has 1 atom stereocenters. The summed E-state index contributed by atoms with van der Waals surface area (Å²) in [5.41, 5.74) is 4.10. The summed E-state index contributed by atoms with van der Waals surface area (Å²) in [6.45, 7) is 0.545. The predicted molar refractivity (Wildman–Crippen MR) is 61.1 cm³/mol. The first-order valence-electron chi connectivity index (χ1n) is 5.50. The molecule has 1 aromatic rings. The van der Waals surface area contributed by atoms with Crippen LogP contribution in [-0.2, 0) is 11.0 Å². The Morgan fingerprint density at radius 2 is 2.16 bits per heavy atom. The van der Waals surface area contributed by atoms with E-state index in [1.54, 1.807) is 7.05 Å². The molecular formula is C10H12F3N5O. The molecule has 104 valence electrons. The van der Waals surface area contributed by atoms with Gasteiger partial charge in [0.05, 0.1) is 0 Å². The van der Waals surface area contributed by atoms with Crippen molar-refractivity contribution in [1.82, 2.24) is 14.9 Å². The summed E-state index contributed by atoms with van der Waals surface area (Å²) in [5, 5.41) is 2.65. The Morgan fingerprint density at radius 1 is 1.47 bits per heavy atom. The molecule has 19 heavy (non-hydrogen) atoms. The van der Waals surface area contributed by atoms with Crippen LogP contribution in [0.5, 0.6) is 0 Å². The van der Waals surface area contributed by atoms with Crippen molar-refractivity contribution in [3.8, 4) is 0 Å². The molecule has 9 heteroatoms. The van der Waals surface area contributed by atoms with E-state index in [2.05, 4.69) is 15.3 Å². The third-order valence-corrected chi connectivity index (χ3v) is 2.78. The highest BCUT2D eigenvalue weighted by Crippen LogP contribution is 2.29. The molecular weight excluding hydrogens is 263 g/mol. The minimum absolute atomic E-state index is 0.103. The van der Waals surface area contributed by atoms with Crippen molar-refractivity contribution in [1.29, 1.82) is 0 Å². The van der Waals surface area contributed by atoms with Crippen molar-refractivity contribution in [3.63, 3.8) is 0 Å². The van der Waals surface area contributed by atoms with Gasteiger partial charge in [0.15, 0.2) is 5.69 Å². The summed E-state index contributed by atoms with van der Waals surface area (Å²) < 4.78 is 37.7. The molecule has 1 saturated heterocycles. The number of likely N-dealkylation sites (N-methyl/N-ethyl adjacent to an activating group) is 1. The van der Waals surface area contributed by atoms with Gasteiger partial charge in [0, 0.05) is 19.7 Å². The normalized spacial score (nSPS) is 19.9. The molecule has 1 aliphatic heterocycles. The molecule has 0 bridgehead atoms. The second-order valence-electron chi connectivity index (χ2n) is 4.24. The molecule has 1 fully saturated rings. The standard InChI is InChI=1S/C10H12F3N5O/c1-18-3-2-5(8(18)19)15-7-4-6(10(11,12)13)16-9(14)17-7/h4-5H,2-3H2,1H3,(H3,14,15,16,17). The molecule has 6 nitrogen and oxygen atoms in total. The molecule has 0 spiro atoms. The zero-order valence-corrected chi connectivity index (χ0v) is 10.0. The molecule has 2 heterocycles. The molecule has 1 amide bonds. The van der Waals surface area contributed by atoms with E-state index in [0.717, 1.165) is 6.07 Å². The number of carbonyl (C=O) groups excluding carboxylic acids is 1. The minimum atomic E-state index is -4.61. The van der Waals surface area contributed by atoms with Crippen LogP contribution in [0.25, 0.3) is 0 Å². The number of amides is 1. The lowest BCUT2D eigenvalue weighted by Crippen LogP contribution is -2.31. The van der Waals surface area contributed by atoms with E-state index >= 15 is 0 Å². The van der Waals surface area contributed by atoms with E-state index in [9.17, 15) is 18.0 Å². The third-order valence-electron chi connectivity index (χ3n) is 2.78. The Bertz CT molecular complexity index is 504. The minimum Gasteiger partial charge on any atom is -0.368 e. The Labute approximate surface area is 106 Å². The van der Waals surface area contributed by atoms with Crippen LogP contribution < -0.4 is 11.1 Å². The topological polar surface area (TPSA) is 84.1 Å². The van der Waals surface area contributed by atoms with Gasteiger partial charge in [0.25, 0.3) is 0 Å². The van der Waals surface area contributed by atoms with Crippen LogP contribution in [0.1, 0.15) is 12.1 Å². The van der Waals surface area contributed by atoms with Crippen LogP contribution in [-0.4, -0.2) is 40.4 Å². The molecule has 0 saturated carbocycles. The number of halogens is 3. The Balaban J connectivity index is 2.22. The zero-order chi connectivity index (χ0) is 14.2. The van der Waals surface area contributed by atoms with Gasteiger partial charge in [-0.3, -0.25) is 4.79 Å². The highest BCUT2D eigenvalue weighted by molar-refractivity contribution is 5.86. The number of hydrogen-bond acceptors (Lipinski definition) is 5. The number of rotatable bonds is 2. The summed E-state index contributed by atoms with van der Waals surface area (Å²) >= 11 is 0. The second-order valence-corrected chi connectivity index (χ2v) is 4.24. The SMILES string of the molecule is CN1CCC(Nc2cc(C(F)(F)F)nc(N)n2)C1=O. The maximum absolute atomic E-state index is 12.6. The molecule has 3 N–H and O–H groups in total. The van der Waals surface area contributed by atoms with E-state index in [-0.39, 0.29) is 11.7 Å². The first kappa shape index (κ1) is 13.4. The molecule has 1 unspecified atom stereocenters. The first-order valence-corrected chi connectivity index (χ1v) is 5.50. The number of carbonyl (C=O) groups is 1. The van der Waals surface area contributed by atoms with Gasteiger partial charge in [0.1, 0.15) is 11.9 Å². The van der Waals surface area contributed by atoms with Crippen molar-refractivity contribution in [2.45, 2.75) is 18.6 Å². The molecule has 0 aliphatic carbocycles. The van der Waals surface area contributed by atoms with E-state index in [4.69, 9.17) is 5.73 Å². The van der Waals surface area contributed by atoms with Crippen LogP contribution in [0, 0.1) is 0 Å². The summed E-state index contributed by atoms with van der Waals surface area (Å²) in [6, 6.07) is 0.155. The molecule has 1 aromatic heterocycles. The summed E-state index contributed by atoms with van der Waals surface area (Å²) in [4.78, 5) is 19.9. The average molecular weight is 275 g/mol. The van der Waals surface area contributed by atoms with Crippen LogP contribution in [0.4, 0.5) is 24.9 Å². The average Bonchev–Trinajstić information content (AvgIpc) is 2.59. The van der Waals surface area contributed by atoms with Crippen molar-refractivity contribution in [3.05, 3.63) is 11.8 Å². The van der Waals surface area contributed by atoms with Crippen LogP contribution in [0.2, 0.25) is 0 Å². The molecule has 2 rings (SSSR count). The fourth-order valence-electron chi connectivity index (χ4n) is 1.82.